The highest BCUT2D eigenvalue weighted by molar-refractivity contribution is 5.68. The van der Waals surface area contributed by atoms with Crippen molar-refractivity contribution < 1.29 is 48.1 Å². The molecule has 4 atom stereocenters. The summed E-state index contributed by atoms with van der Waals surface area (Å²) in [4.78, 5) is 0. The van der Waals surface area contributed by atoms with E-state index < -0.39 is 0 Å². The maximum absolute atomic E-state index is 10.2. The normalized spacial score (nSPS) is 21.3. The third kappa shape index (κ3) is 5.80. The second-order valence-electron chi connectivity index (χ2n) is 12.0. The molecule has 46 heavy (non-hydrogen) atoms. The van der Waals surface area contributed by atoms with Gasteiger partial charge in [-0.3, -0.25) is 0 Å². The van der Waals surface area contributed by atoms with Crippen molar-refractivity contribution >= 4 is 0 Å². The van der Waals surface area contributed by atoms with Gasteiger partial charge in [-0.15, -0.1) is 0 Å². The van der Waals surface area contributed by atoms with Gasteiger partial charge >= 0.3 is 0 Å². The highest BCUT2D eigenvalue weighted by Crippen LogP contribution is 2.58. The Labute approximate surface area is 270 Å². The highest BCUT2D eigenvalue weighted by Gasteiger charge is 2.42. The van der Waals surface area contributed by atoms with Crippen molar-refractivity contribution in [1.82, 2.24) is 0 Å². The molecule has 0 spiro atoms. The SMILES string of the molecule is COc1c(CO)c(COCCOCCOCCOCc2c(CO)c(OC)c3c(c2OC)C2C=CC3C2)c(OC)c2c1C1C=CC2C1. The Kier molecular flexibility index (Phi) is 10.5. The van der Waals surface area contributed by atoms with E-state index >= 15 is 0 Å². The molecule has 0 saturated carbocycles. The predicted octanol–water partition coefficient (Wildman–Crippen LogP) is 4.75. The van der Waals surface area contributed by atoms with E-state index in [0.29, 0.717) is 63.3 Å². The molecule has 4 aliphatic carbocycles. The van der Waals surface area contributed by atoms with Crippen LogP contribution in [0, 0.1) is 0 Å². The van der Waals surface area contributed by atoms with E-state index in [0.717, 1.165) is 80.3 Å². The molecule has 0 fully saturated rings. The fourth-order valence-electron chi connectivity index (χ4n) is 7.89. The van der Waals surface area contributed by atoms with E-state index in [-0.39, 0.29) is 26.4 Å². The molecule has 2 aromatic carbocycles. The number of fused-ring (bicyclic) bond motifs is 10. The minimum Gasteiger partial charge on any atom is -0.496 e. The molecule has 0 heterocycles. The van der Waals surface area contributed by atoms with Gasteiger partial charge in [0.25, 0.3) is 0 Å². The first kappa shape index (κ1) is 32.8. The van der Waals surface area contributed by atoms with Crippen LogP contribution in [-0.2, 0) is 45.4 Å². The van der Waals surface area contributed by atoms with Gasteiger partial charge in [-0.05, 0) is 12.8 Å². The van der Waals surface area contributed by atoms with Crippen LogP contribution >= 0.6 is 0 Å². The number of ether oxygens (including phenoxy) is 8. The Morgan fingerprint density at radius 3 is 1.02 bits per heavy atom. The van der Waals surface area contributed by atoms with Crippen LogP contribution in [0.2, 0.25) is 0 Å². The Bertz CT molecular complexity index is 1350. The summed E-state index contributed by atoms with van der Waals surface area (Å²) in [6.45, 7) is 2.73. The molecule has 0 aliphatic heterocycles. The van der Waals surface area contributed by atoms with E-state index in [9.17, 15) is 10.2 Å². The number of rotatable bonds is 19. The lowest BCUT2D eigenvalue weighted by Crippen LogP contribution is -2.14. The summed E-state index contributed by atoms with van der Waals surface area (Å²) in [6, 6.07) is 0. The van der Waals surface area contributed by atoms with Crippen LogP contribution in [0.15, 0.2) is 24.3 Å². The number of aliphatic hydroxyl groups excluding tert-OH is 2. The van der Waals surface area contributed by atoms with Crippen molar-refractivity contribution in [3.8, 4) is 23.0 Å². The summed E-state index contributed by atoms with van der Waals surface area (Å²) in [6.07, 6.45) is 10.9. The van der Waals surface area contributed by atoms with E-state index in [1.165, 1.54) is 0 Å². The van der Waals surface area contributed by atoms with Gasteiger partial charge in [0.2, 0.25) is 0 Å². The lowest BCUT2D eigenvalue weighted by molar-refractivity contribution is -0.00679. The second kappa shape index (κ2) is 14.8. The summed E-state index contributed by atoms with van der Waals surface area (Å²) in [7, 11) is 6.65. The zero-order valence-electron chi connectivity index (χ0n) is 27.3. The molecule has 10 heteroatoms. The van der Waals surface area contributed by atoms with E-state index in [1.54, 1.807) is 28.4 Å². The van der Waals surface area contributed by atoms with Gasteiger partial charge in [-0.1, -0.05) is 24.3 Å². The molecule has 0 amide bonds. The minimum absolute atomic E-state index is 0.152. The molecule has 4 aliphatic rings. The molecule has 2 N–H and O–H groups in total. The smallest absolute Gasteiger partial charge is 0.129 e. The summed E-state index contributed by atoms with van der Waals surface area (Å²) in [5.74, 6) is 4.29. The third-order valence-electron chi connectivity index (χ3n) is 9.78. The molecule has 250 valence electrons. The van der Waals surface area contributed by atoms with Gasteiger partial charge in [0.05, 0.1) is 94.5 Å². The zero-order valence-corrected chi connectivity index (χ0v) is 27.3. The first-order chi connectivity index (χ1) is 22.6. The monoisotopic (exact) mass is 638 g/mol. The van der Waals surface area contributed by atoms with E-state index in [1.807, 2.05) is 0 Å². The molecule has 10 nitrogen and oxygen atoms in total. The maximum Gasteiger partial charge on any atom is 0.129 e. The Morgan fingerprint density at radius 1 is 0.457 bits per heavy atom. The van der Waals surface area contributed by atoms with Crippen LogP contribution in [0.3, 0.4) is 0 Å². The van der Waals surface area contributed by atoms with E-state index in [2.05, 4.69) is 24.3 Å². The minimum atomic E-state index is -0.152. The predicted molar refractivity (Wildman–Crippen MR) is 170 cm³/mol. The van der Waals surface area contributed by atoms with Crippen molar-refractivity contribution in [3.63, 3.8) is 0 Å². The number of methoxy groups -OCH3 is 4. The fourth-order valence-corrected chi connectivity index (χ4v) is 7.89. The zero-order chi connectivity index (χ0) is 32.2. The third-order valence-corrected chi connectivity index (χ3v) is 9.78. The number of allylic oxidation sites excluding steroid dienone is 4. The number of aliphatic hydroxyl groups is 2. The largest absolute Gasteiger partial charge is 0.496 e. The van der Waals surface area contributed by atoms with Gasteiger partial charge in [-0.25, -0.2) is 0 Å². The number of benzene rings is 2. The number of hydrogen-bond acceptors (Lipinski definition) is 10. The first-order valence-corrected chi connectivity index (χ1v) is 16.1. The summed E-state index contributed by atoms with van der Waals surface area (Å²) in [5.41, 5.74) is 7.69. The summed E-state index contributed by atoms with van der Waals surface area (Å²) < 4.78 is 46.6. The topological polar surface area (TPSA) is 114 Å². The molecular weight excluding hydrogens is 592 g/mol. The lowest BCUT2D eigenvalue weighted by Gasteiger charge is -2.25. The second-order valence-corrected chi connectivity index (χ2v) is 12.0. The highest BCUT2D eigenvalue weighted by atomic mass is 16.6. The van der Waals surface area contributed by atoms with Gasteiger partial charge in [0.1, 0.15) is 23.0 Å². The maximum atomic E-state index is 10.2. The Hall–Kier alpha value is -3.12. The fraction of sp³-hybridized carbons (Fsp3) is 0.556. The molecule has 0 radical (unpaired) electrons. The molecule has 4 unspecified atom stereocenters. The quantitative estimate of drug-likeness (QED) is 0.165. The van der Waals surface area contributed by atoms with Crippen molar-refractivity contribution in [1.29, 1.82) is 0 Å². The average Bonchev–Trinajstić information content (AvgIpc) is 3.90. The standard InChI is InChI=1S/C36H46O10/c1-39-33-25(17-37)27(35(41-3)31-23-7-5-21(15-23)29(31)33)19-45-13-11-43-9-10-44-12-14-46-20-28-26(18-38)34(40-2)30-22-6-8-24(16-22)32(30)36(28)42-4/h5-8,21-24,37-38H,9-20H2,1-4H3. The summed E-state index contributed by atoms with van der Waals surface area (Å²) in [5, 5.41) is 20.5. The van der Waals surface area contributed by atoms with Gasteiger partial charge in [0, 0.05) is 68.2 Å². The average molecular weight is 639 g/mol. The molecule has 0 saturated heterocycles. The van der Waals surface area contributed by atoms with Crippen LogP contribution in [0.1, 0.15) is 81.0 Å². The van der Waals surface area contributed by atoms with Gasteiger partial charge in [0.15, 0.2) is 0 Å². The molecule has 2 aromatic rings. The van der Waals surface area contributed by atoms with Gasteiger partial charge < -0.3 is 48.1 Å². The van der Waals surface area contributed by atoms with E-state index in [4.69, 9.17) is 37.9 Å². The van der Waals surface area contributed by atoms with Crippen molar-refractivity contribution in [2.75, 3.05) is 68.1 Å². The molecule has 0 aromatic heterocycles. The van der Waals surface area contributed by atoms with Crippen LogP contribution in [0.4, 0.5) is 0 Å². The summed E-state index contributed by atoms with van der Waals surface area (Å²) >= 11 is 0. The molecular formula is C36H46O10. The lowest BCUT2D eigenvalue weighted by atomic mass is 9.89. The van der Waals surface area contributed by atoms with Crippen LogP contribution < -0.4 is 18.9 Å². The van der Waals surface area contributed by atoms with Crippen molar-refractivity contribution in [3.05, 3.63) is 68.8 Å². The van der Waals surface area contributed by atoms with Crippen LogP contribution in [0.5, 0.6) is 23.0 Å². The van der Waals surface area contributed by atoms with Crippen molar-refractivity contribution in [2.45, 2.75) is 62.9 Å². The first-order valence-electron chi connectivity index (χ1n) is 16.1. The van der Waals surface area contributed by atoms with Crippen molar-refractivity contribution in [2.24, 2.45) is 0 Å². The number of hydrogen-bond donors (Lipinski definition) is 2. The molecule has 4 bridgehead atoms. The van der Waals surface area contributed by atoms with Gasteiger partial charge in [-0.2, -0.15) is 0 Å². The molecule has 6 rings (SSSR count). The Balaban J connectivity index is 0.919. The van der Waals surface area contributed by atoms with Crippen LogP contribution in [-0.4, -0.2) is 78.3 Å². The van der Waals surface area contributed by atoms with Crippen LogP contribution in [0.25, 0.3) is 0 Å². The Morgan fingerprint density at radius 2 is 0.739 bits per heavy atom.